The minimum Gasteiger partial charge on any atom is -0.440 e. The van der Waals surface area contributed by atoms with Crippen molar-refractivity contribution in [1.82, 2.24) is 4.90 Å². The van der Waals surface area contributed by atoms with Crippen molar-refractivity contribution in [3.05, 3.63) is 65.2 Å². The fraction of sp³-hybridized carbons (Fsp3) is 0.211. The molecule has 0 radical (unpaired) electrons. The Balaban J connectivity index is 1.89. The average Bonchev–Trinajstić information content (AvgIpc) is 2.92. The summed E-state index contributed by atoms with van der Waals surface area (Å²) in [5, 5.41) is 0. The first-order valence-corrected chi connectivity index (χ1v) is 10.1. The highest BCUT2D eigenvalue weighted by atomic mass is 32.2. The van der Waals surface area contributed by atoms with Crippen LogP contribution in [-0.4, -0.2) is 43.5 Å². The first kappa shape index (κ1) is 19.6. The Bertz CT molecular complexity index is 1010. The molecule has 2 N–H and O–H groups in total. The van der Waals surface area contributed by atoms with Crippen LogP contribution < -0.4 is 5.73 Å². The molecule has 1 aliphatic rings. The van der Waals surface area contributed by atoms with Crippen LogP contribution in [0.1, 0.15) is 39.3 Å². The first-order chi connectivity index (χ1) is 13.2. The van der Waals surface area contributed by atoms with Crippen molar-refractivity contribution in [2.24, 2.45) is 5.73 Å². The van der Waals surface area contributed by atoms with E-state index in [1.54, 1.807) is 24.3 Å². The summed E-state index contributed by atoms with van der Waals surface area (Å²) in [6, 6.07) is 12.1. The Kier molecular flexibility index (Phi) is 5.19. The summed E-state index contributed by atoms with van der Waals surface area (Å²) in [6.45, 7) is 1.29. The summed E-state index contributed by atoms with van der Waals surface area (Å²) in [4.78, 5) is 37.5. The quantitative estimate of drug-likeness (QED) is 0.736. The van der Waals surface area contributed by atoms with E-state index < -0.39 is 33.8 Å². The van der Waals surface area contributed by atoms with E-state index in [0.717, 1.165) is 4.90 Å². The predicted molar refractivity (Wildman–Crippen MR) is 99.4 cm³/mol. The molecule has 28 heavy (non-hydrogen) atoms. The number of amides is 3. The van der Waals surface area contributed by atoms with Gasteiger partial charge >= 0.3 is 6.09 Å². The van der Waals surface area contributed by atoms with Gasteiger partial charge in [-0.25, -0.2) is 13.2 Å². The van der Waals surface area contributed by atoms with Gasteiger partial charge in [0.05, 0.1) is 28.3 Å². The average molecular weight is 402 g/mol. The van der Waals surface area contributed by atoms with Gasteiger partial charge < -0.3 is 10.5 Å². The van der Waals surface area contributed by atoms with E-state index in [4.69, 9.17) is 10.5 Å². The fourth-order valence-corrected chi connectivity index (χ4v) is 3.86. The molecule has 0 spiro atoms. The molecule has 146 valence electrons. The normalized spacial score (nSPS) is 14.7. The van der Waals surface area contributed by atoms with Crippen molar-refractivity contribution in [2.75, 3.05) is 12.3 Å². The number of fused-ring (bicyclic) bond motifs is 1. The number of hydrogen-bond donors (Lipinski definition) is 1. The summed E-state index contributed by atoms with van der Waals surface area (Å²) < 4.78 is 29.0. The topological polar surface area (TPSA) is 124 Å². The molecule has 8 nitrogen and oxygen atoms in total. The van der Waals surface area contributed by atoms with E-state index in [-0.39, 0.29) is 28.3 Å². The highest BCUT2D eigenvalue weighted by Crippen LogP contribution is 2.27. The number of rotatable bonds is 6. The molecule has 2 aromatic rings. The van der Waals surface area contributed by atoms with Crippen LogP contribution in [0.25, 0.3) is 0 Å². The molecule has 3 rings (SSSR count). The van der Waals surface area contributed by atoms with E-state index in [1.165, 1.54) is 31.2 Å². The van der Waals surface area contributed by atoms with Gasteiger partial charge in [-0.15, -0.1) is 0 Å². The molecule has 9 heteroatoms. The number of nitrogens with two attached hydrogens (primary N) is 1. The number of carbonyl (C=O) groups is 3. The van der Waals surface area contributed by atoms with Crippen LogP contribution in [0.4, 0.5) is 4.79 Å². The molecular weight excluding hydrogens is 384 g/mol. The van der Waals surface area contributed by atoms with Gasteiger partial charge in [0.1, 0.15) is 6.10 Å². The van der Waals surface area contributed by atoms with Crippen LogP contribution in [0.3, 0.4) is 0 Å². The monoisotopic (exact) mass is 402 g/mol. The molecule has 1 aliphatic heterocycles. The van der Waals surface area contributed by atoms with E-state index in [9.17, 15) is 22.8 Å². The molecule has 0 bridgehead atoms. The number of primary amides is 1. The lowest BCUT2D eigenvalue weighted by Crippen LogP contribution is -2.36. The molecule has 0 fully saturated rings. The number of sulfone groups is 1. The zero-order valence-corrected chi connectivity index (χ0v) is 15.8. The number of ether oxygens (including phenoxy) is 1. The minimum absolute atomic E-state index is 0.0530. The fourth-order valence-electron chi connectivity index (χ4n) is 2.98. The van der Waals surface area contributed by atoms with Crippen LogP contribution in [0.15, 0.2) is 53.4 Å². The molecule has 1 heterocycles. The third kappa shape index (κ3) is 3.61. The second-order valence-electron chi connectivity index (χ2n) is 6.16. The van der Waals surface area contributed by atoms with Crippen molar-refractivity contribution < 1.29 is 27.5 Å². The summed E-state index contributed by atoms with van der Waals surface area (Å²) in [7, 11) is -3.39. The lowest BCUT2D eigenvalue weighted by atomic mass is 10.1. The Morgan fingerprint density at radius 2 is 1.57 bits per heavy atom. The SMILES string of the molecule is CCS(=O)(=O)c1ccc([C@H](CN2C(=O)c3ccccc3C2=O)OC(N)=O)cc1. The molecule has 0 aromatic heterocycles. The molecule has 3 amide bonds. The summed E-state index contributed by atoms with van der Waals surface area (Å²) >= 11 is 0. The van der Waals surface area contributed by atoms with Crippen LogP contribution in [0, 0.1) is 0 Å². The van der Waals surface area contributed by atoms with Gasteiger partial charge in [-0.05, 0) is 29.8 Å². The van der Waals surface area contributed by atoms with Gasteiger partial charge in [-0.1, -0.05) is 31.2 Å². The molecule has 0 aliphatic carbocycles. The summed E-state index contributed by atoms with van der Waals surface area (Å²) in [5.74, 6) is -1.05. The first-order valence-electron chi connectivity index (χ1n) is 8.48. The van der Waals surface area contributed by atoms with Crippen molar-refractivity contribution in [1.29, 1.82) is 0 Å². The maximum absolute atomic E-state index is 12.5. The summed E-state index contributed by atoms with van der Waals surface area (Å²) in [6.07, 6.45) is -2.11. The summed E-state index contributed by atoms with van der Waals surface area (Å²) in [5.41, 5.74) is 6.09. The number of nitrogens with zero attached hydrogens (tertiary/aromatic N) is 1. The minimum atomic E-state index is -3.39. The molecular formula is C19H18N2O6S. The van der Waals surface area contributed by atoms with Crippen LogP contribution in [0.5, 0.6) is 0 Å². The van der Waals surface area contributed by atoms with Gasteiger partial charge in [0, 0.05) is 0 Å². The largest absolute Gasteiger partial charge is 0.440 e. The smallest absolute Gasteiger partial charge is 0.405 e. The highest BCUT2D eigenvalue weighted by molar-refractivity contribution is 7.91. The maximum atomic E-state index is 12.5. The van der Waals surface area contributed by atoms with Crippen molar-refractivity contribution >= 4 is 27.7 Å². The van der Waals surface area contributed by atoms with Gasteiger partial charge in [0.2, 0.25) is 0 Å². The van der Waals surface area contributed by atoms with E-state index >= 15 is 0 Å². The standard InChI is InChI=1S/C19H18N2O6S/c1-2-28(25,26)13-9-7-12(8-10-13)16(27-19(20)24)11-21-17(22)14-5-3-4-6-15(14)18(21)23/h3-10,16H,2,11H2,1H3,(H2,20,24)/t16-/m0/s1. The molecule has 0 saturated carbocycles. The van der Waals surface area contributed by atoms with Crippen LogP contribution in [0.2, 0.25) is 0 Å². The lowest BCUT2D eigenvalue weighted by Gasteiger charge is -2.22. The van der Waals surface area contributed by atoms with Crippen molar-refractivity contribution in [2.45, 2.75) is 17.9 Å². The Morgan fingerprint density at radius 3 is 2.04 bits per heavy atom. The second kappa shape index (κ2) is 7.43. The second-order valence-corrected chi connectivity index (χ2v) is 8.44. The van der Waals surface area contributed by atoms with E-state index in [2.05, 4.69) is 0 Å². The van der Waals surface area contributed by atoms with E-state index in [1.807, 2.05) is 0 Å². The van der Waals surface area contributed by atoms with Crippen molar-refractivity contribution in [3.8, 4) is 0 Å². The predicted octanol–water partition coefficient (Wildman–Crippen LogP) is 1.91. The zero-order valence-electron chi connectivity index (χ0n) is 15.0. The number of imide groups is 1. The van der Waals surface area contributed by atoms with Gasteiger partial charge in [0.25, 0.3) is 11.8 Å². The highest BCUT2D eigenvalue weighted by Gasteiger charge is 2.37. The van der Waals surface area contributed by atoms with Gasteiger partial charge in [-0.3, -0.25) is 14.5 Å². The third-order valence-electron chi connectivity index (χ3n) is 4.48. The third-order valence-corrected chi connectivity index (χ3v) is 6.23. The Hall–Kier alpha value is -3.20. The number of benzene rings is 2. The Morgan fingerprint density at radius 1 is 1.04 bits per heavy atom. The molecule has 2 aromatic carbocycles. The van der Waals surface area contributed by atoms with Crippen LogP contribution in [-0.2, 0) is 14.6 Å². The molecule has 1 atom stereocenters. The number of carbonyl (C=O) groups excluding carboxylic acids is 3. The van der Waals surface area contributed by atoms with Crippen LogP contribution >= 0.6 is 0 Å². The maximum Gasteiger partial charge on any atom is 0.405 e. The molecule has 0 unspecified atom stereocenters. The number of hydrogen-bond acceptors (Lipinski definition) is 6. The van der Waals surface area contributed by atoms with Gasteiger partial charge in [0.15, 0.2) is 9.84 Å². The van der Waals surface area contributed by atoms with Crippen molar-refractivity contribution in [3.63, 3.8) is 0 Å². The lowest BCUT2D eigenvalue weighted by molar-refractivity contribution is 0.0487. The van der Waals surface area contributed by atoms with Gasteiger partial charge in [-0.2, -0.15) is 0 Å². The zero-order chi connectivity index (χ0) is 20.5. The van der Waals surface area contributed by atoms with E-state index in [0.29, 0.717) is 5.56 Å². The molecule has 0 saturated heterocycles. The Labute approximate surface area is 161 Å².